The second-order valence-corrected chi connectivity index (χ2v) is 10.9. The first kappa shape index (κ1) is 25.4. The smallest absolute Gasteiger partial charge is 0.164 e. The molecule has 0 N–H and O–H groups in total. The fraction of sp³-hybridized carbons (Fsp3) is 0. The minimum absolute atomic E-state index is 0.608. The molecule has 40 heavy (non-hydrogen) atoms. The van der Waals surface area contributed by atoms with Gasteiger partial charge in [0, 0.05) is 27.3 Å². The molecule has 0 aliphatic heterocycles. The highest BCUT2D eigenvalue weighted by Gasteiger charge is 2.17. The van der Waals surface area contributed by atoms with Gasteiger partial charge in [-0.2, -0.15) is 0 Å². The van der Waals surface area contributed by atoms with Crippen LogP contribution in [-0.4, -0.2) is 15.0 Å². The lowest BCUT2D eigenvalue weighted by Crippen LogP contribution is -2.15. The minimum Gasteiger partial charge on any atom is -0.464 e. The zero-order valence-corrected chi connectivity index (χ0v) is 22.7. The number of hydrogen-bond acceptors (Lipinski definition) is 4. The Bertz CT molecular complexity index is 1670. The van der Waals surface area contributed by atoms with E-state index in [0.29, 0.717) is 17.5 Å². The van der Waals surface area contributed by atoms with E-state index in [1.54, 1.807) is 0 Å². The summed E-state index contributed by atoms with van der Waals surface area (Å²) in [7, 11) is -1.01. The van der Waals surface area contributed by atoms with Gasteiger partial charge in [0.25, 0.3) is 0 Å². The van der Waals surface area contributed by atoms with Crippen LogP contribution in [0.15, 0.2) is 146 Å². The van der Waals surface area contributed by atoms with E-state index >= 15 is 0 Å². The van der Waals surface area contributed by atoms with Gasteiger partial charge in [0.2, 0.25) is 0 Å². The lowest BCUT2D eigenvalue weighted by molar-refractivity contribution is 0.630. The zero-order chi connectivity index (χ0) is 27.1. The number of nitrogens with zero attached hydrogens (tertiary/aromatic N) is 3. The van der Waals surface area contributed by atoms with E-state index in [2.05, 4.69) is 30.8 Å². The fourth-order valence-electron chi connectivity index (χ4n) is 4.27. The molecule has 5 heteroatoms. The topological polar surface area (TPSA) is 47.9 Å². The Morgan fingerprint density at radius 3 is 1.32 bits per heavy atom. The SMILES string of the molecule is C=Cc1ccc(-c2nc(-c3ccccc3)nc(-c3ccc(OP(c4ccccc4)c4ccccc4)cc3)n2)cc1. The Labute approximate surface area is 235 Å². The first-order valence-electron chi connectivity index (χ1n) is 13.0. The van der Waals surface area contributed by atoms with E-state index in [-0.39, 0.29) is 0 Å². The Balaban J connectivity index is 1.35. The van der Waals surface area contributed by atoms with Crippen molar-refractivity contribution in [2.75, 3.05) is 0 Å². The molecule has 0 bridgehead atoms. The fourth-order valence-corrected chi connectivity index (χ4v) is 6.00. The van der Waals surface area contributed by atoms with E-state index < -0.39 is 8.15 Å². The van der Waals surface area contributed by atoms with Gasteiger partial charge in [-0.3, -0.25) is 0 Å². The van der Waals surface area contributed by atoms with E-state index in [4.69, 9.17) is 19.5 Å². The van der Waals surface area contributed by atoms with Gasteiger partial charge in [0.1, 0.15) is 5.75 Å². The molecule has 0 atom stereocenters. The molecular formula is C35H26N3OP. The monoisotopic (exact) mass is 535 g/mol. The molecule has 5 aromatic carbocycles. The zero-order valence-electron chi connectivity index (χ0n) is 21.8. The van der Waals surface area contributed by atoms with Gasteiger partial charge in [-0.15, -0.1) is 0 Å². The number of hydrogen-bond donors (Lipinski definition) is 0. The van der Waals surface area contributed by atoms with Crippen molar-refractivity contribution in [1.29, 1.82) is 0 Å². The molecule has 0 saturated carbocycles. The molecule has 192 valence electrons. The molecular weight excluding hydrogens is 509 g/mol. The summed E-state index contributed by atoms with van der Waals surface area (Å²) < 4.78 is 6.59. The first-order chi connectivity index (χ1) is 19.8. The van der Waals surface area contributed by atoms with Crippen LogP contribution in [0.4, 0.5) is 0 Å². The van der Waals surface area contributed by atoms with Crippen molar-refractivity contribution in [2.45, 2.75) is 0 Å². The lowest BCUT2D eigenvalue weighted by atomic mass is 10.1. The molecule has 6 aromatic rings. The van der Waals surface area contributed by atoms with E-state index in [1.165, 1.54) is 0 Å². The van der Waals surface area contributed by atoms with Crippen LogP contribution >= 0.6 is 8.15 Å². The summed E-state index contributed by atoms with van der Waals surface area (Å²) in [5.41, 5.74) is 3.79. The summed E-state index contributed by atoms with van der Waals surface area (Å²) in [5.74, 6) is 2.65. The Morgan fingerprint density at radius 1 is 0.475 bits per heavy atom. The molecule has 0 radical (unpaired) electrons. The van der Waals surface area contributed by atoms with Crippen molar-refractivity contribution >= 4 is 24.8 Å². The molecule has 0 spiro atoms. The molecule has 0 aliphatic carbocycles. The number of rotatable bonds is 8. The molecule has 0 aliphatic rings. The predicted octanol–water partition coefficient (Wildman–Crippen LogP) is 7.94. The summed E-state index contributed by atoms with van der Waals surface area (Å²) in [6.07, 6.45) is 1.82. The van der Waals surface area contributed by atoms with Crippen molar-refractivity contribution in [2.24, 2.45) is 0 Å². The quantitative estimate of drug-likeness (QED) is 0.186. The average Bonchev–Trinajstić information content (AvgIpc) is 3.05. The largest absolute Gasteiger partial charge is 0.464 e. The summed E-state index contributed by atoms with van der Waals surface area (Å²) >= 11 is 0. The molecule has 0 fully saturated rings. The van der Waals surface area contributed by atoms with Crippen LogP contribution in [0.25, 0.3) is 40.2 Å². The average molecular weight is 536 g/mol. The van der Waals surface area contributed by atoms with Crippen LogP contribution in [0, 0.1) is 0 Å². The van der Waals surface area contributed by atoms with Crippen molar-refractivity contribution in [3.05, 3.63) is 152 Å². The molecule has 0 unspecified atom stereocenters. The van der Waals surface area contributed by atoms with Crippen LogP contribution in [0.1, 0.15) is 5.56 Å². The molecule has 1 heterocycles. The summed E-state index contributed by atoms with van der Waals surface area (Å²) in [6.45, 7) is 3.85. The normalized spacial score (nSPS) is 10.8. The maximum absolute atomic E-state index is 6.59. The van der Waals surface area contributed by atoms with Crippen LogP contribution < -0.4 is 15.1 Å². The van der Waals surface area contributed by atoms with Gasteiger partial charge in [-0.05, 0) is 29.8 Å². The highest BCUT2D eigenvalue weighted by molar-refractivity contribution is 7.68. The third-order valence-electron chi connectivity index (χ3n) is 6.36. The predicted molar refractivity (Wildman–Crippen MR) is 166 cm³/mol. The third-order valence-corrected chi connectivity index (χ3v) is 8.29. The number of aromatic nitrogens is 3. The first-order valence-corrected chi connectivity index (χ1v) is 14.3. The van der Waals surface area contributed by atoms with Gasteiger partial charge in [0.15, 0.2) is 25.6 Å². The molecule has 0 saturated heterocycles. The summed E-state index contributed by atoms with van der Waals surface area (Å²) in [5, 5.41) is 2.31. The van der Waals surface area contributed by atoms with Crippen molar-refractivity contribution in [3.8, 4) is 39.9 Å². The lowest BCUT2D eigenvalue weighted by Gasteiger charge is -2.19. The van der Waals surface area contributed by atoms with E-state index in [9.17, 15) is 0 Å². The van der Waals surface area contributed by atoms with Crippen LogP contribution in [0.5, 0.6) is 5.75 Å². The van der Waals surface area contributed by atoms with Crippen LogP contribution in [0.2, 0.25) is 0 Å². The van der Waals surface area contributed by atoms with Crippen molar-refractivity contribution in [1.82, 2.24) is 15.0 Å². The minimum atomic E-state index is -1.01. The Hall–Kier alpha value is -4.92. The maximum Gasteiger partial charge on any atom is 0.164 e. The summed E-state index contributed by atoms with van der Waals surface area (Å²) in [6, 6.07) is 46.7. The molecule has 0 amide bonds. The third kappa shape index (κ3) is 5.73. The maximum atomic E-state index is 6.59. The Kier molecular flexibility index (Phi) is 7.52. The van der Waals surface area contributed by atoms with Crippen molar-refractivity contribution < 1.29 is 4.52 Å². The van der Waals surface area contributed by atoms with Gasteiger partial charge < -0.3 is 4.52 Å². The molecule has 6 rings (SSSR count). The second kappa shape index (κ2) is 11.9. The Morgan fingerprint density at radius 2 is 0.875 bits per heavy atom. The van der Waals surface area contributed by atoms with Crippen LogP contribution in [0.3, 0.4) is 0 Å². The standard InChI is InChI=1S/C35H26N3OP/c1-2-26-18-20-28(21-19-26)34-36-33(27-12-6-3-7-13-27)37-35(38-34)29-22-24-30(25-23-29)39-40(31-14-8-4-9-15-31)32-16-10-5-11-17-32/h2-25H,1H2. The van der Waals surface area contributed by atoms with Gasteiger partial charge in [-0.1, -0.05) is 128 Å². The number of benzene rings is 5. The molecule has 1 aromatic heterocycles. The van der Waals surface area contributed by atoms with Gasteiger partial charge in [0.05, 0.1) is 0 Å². The molecule has 4 nitrogen and oxygen atoms in total. The van der Waals surface area contributed by atoms with E-state index in [1.807, 2.05) is 121 Å². The van der Waals surface area contributed by atoms with Gasteiger partial charge in [-0.25, -0.2) is 15.0 Å². The van der Waals surface area contributed by atoms with E-state index in [0.717, 1.165) is 38.6 Å². The highest BCUT2D eigenvalue weighted by atomic mass is 31.1. The summed E-state index contributed by atoms with van der Waals surface area (Å²) in [4.78, 5) is 14.5. The second-order valence-electron chi connectivity index (χ2n) is 9.08. The highest BCUT2D eigenvalue weighted by Crippen LogP contribution is 2.37. The van der Waals surface area contributed by atoms with Crippen LogP contribution in [-0.2, 0) is 0 Å². The van der Waals surface area contributed by atoms with Crippen molar-refractivity contribution in [3.63, 3.8) is 0 Å². The van der Waals surface area contributed by atoms with Gasteiger partial charge >= 0.3 is 0 Å².